The molecule has 0 fully saturated rings. The minimum Gasteiger partial charge on any atom is -0.258 e. The molecule has 10 heteroatoms. The number of nitro groups is 2. The number of benzene rings is 2. The number of halogens is 3. The second kappa shape index (κ2) is 4.88. The predicted octanol–water partition coefficient (Wildman–Crippen LogP) is 4.89. The van der Waals surface area contributed by atoms with Gasteiger partial charge in [-0.1, -0.05) is 0 Å². The van der Waals surface area contributed by atoms with E-state index >= 15 is 0 Å². The van der Waals surface area contributed by atoms with Gasteiger partial charge in [0.05, 0.1) is 15.4 Å². The van der Waals surface area contributed by atoms with Gasteiger partial charge in [-0.2, -0.15) is 13.2 Å². The van der Waals surface area contributed by atoms with Gasteiger partial charge in [0.25, 0.3) is 11.4 Å². The van der Waals surface area contributed by atoms with Crippen molar-refractivity contribution in [2.45, 2.75) is 6.18 Å². The van der Waals surface area contributed by atoms with E-state index in [1.54, 1.807) is 0 Å². The molecule has 0 aliphatic heterocycles. The zero-order valence-electron chi connectivity index (χ0n) is 11.0. The fourth-order valence-corrected chi connectivity index (χ4v) is 3.52. The van der Waals surface area contributed by atoms with E-state index < -0.39 is 27.3 Å². The van der Waals surface area contributed by atoms with Crippen molar-refractivity contribution in [2.24, 2.45) is 0 Å². The largest absolute Gasteiger partial charge is 0.417 e. The summed E-state index contributed by atoms with van der Waals surface area (Å²) in [5.41, 5.74) is -2.06. The molecule has 118 valence electrons. The molecule has 0 unspecified atom stereocenters. The molecule has 0 saturated heterocycles. The molecule has 0 aliphatic rings. The summed E-state index contributed by atoms with van der Waals surface area (Å²) < 4.78 is 40.1. The molecule has 0 saturated carbocycles. The third-order valence-corrected chi connectivity index (χ3v) is 4.37. The van der Waals surface area contributed by atoms with E-state index in [2.05, 4.69) is 0 Å². The summed E-state index contributed by atoms with van der Waals surface area (Å²) in [7, 11) is 0. The Balaban J connectivity index is 2.45. The molecule has 2 aromatic carbocycles. The van der Waals surface area contributed by atoms with Crippen molar-refractivity contribution in [3.63, 3.8) is 0 Å². The molecular formula is C13H5F3N2O4S. The molecule has 23 heavy (non-hydrogen) atoms. The number of thiophene rings is 1. The Bertz CT molecular complexity index is 981. The maximum Gasteiger partial charge on any atom is 0.417 e. The van der Waals surface area contributed by atoms with E-state index in [1.165, 1.54) is 6.07 Å². The Kier molecular flexibility index (Phi) is 3.22. The summed E-state index contributed by atoms with van der Waals surface area (Å²) in [6, 6.07) is 5.02. The topological polar surface area (TPSA) is 86.3 Å². The molecule has 0 N–H and O–H groups in total. The van der Waals surface area contributed by atoms with Gasteiger partial charge in [-0.15, -0.1) is 11.3 Å². The molecule has 0 spiro atoms. The average Bonchev–Trinajstić information content (AvgIpc) is 2.82. The molecule has 3 rings (SSSR count). The van der Waals surface area contributed by atoms with Gasteiger partial charge in [-0.25, -0.2) is 0 Å². The van der Waals surface area contributed by atoms with E-state index in [1.807, 2.05) is 0 Å². The van der Waals surface area contributed by atoms with Crippen molar-refractivity contribution in [3.05, 3.63) is 56.1 Å². The maximum absolute atomic E-state index is 13.2. The lowest BCUT2D eigenvalue weighted by Gasteiger charge is -2.08. The second-order valence-electron chi connectivity index (χ2n) is 4.66. The van der Waals surface area contributed by atoms with Crippen LogP contribution in [0.3, 0.4) is 0 Å². The van der Waals surface area contributed by atoms with Gasteiger partial charge in [0.2, 0.25) is 0 Å². The van der Waals surface area contributed by atoms with Crippen LogP contribution in [0.25, 0.3) is 20.2 Å². The molecule has 0 atom stereocenters. The number of rotatable bonds is 2. The summed E-state index contributed by atoms with van der Waals surface area (Å²) >= 11 is 0.846. The highest BCUT2D eigenvalue weighted by Gasteiger charge is 2.36. The highest BCUT2D eigenvalue weighted by molar-refractivity contribution is 7.25. The Morgan fingerprint density at radius 2 is 1.52 bits per heavy atom. The SMILES string of the molecule is O=[N+]([O-])c1ccc2c(c1)sc1cc([N+](=O)[O-])cc(C(F)(F)F)c12. The lowest BCUT2D eigenvalue weighted by molar-refractivity contribution is -0.385. The third kappa shape index (κ3) is 2.46. The summed E-state index contributed by atoms with van der Waals surface area (Å²) in [5.74, 6) is 0. The van der Waals surface area contributed by atoms with Crippen LogP contribution < -0.4 is 0 Å². The van der Waals surface area contributed by atoms with Crippen molar-refractivity contribution in [1.82, 2.24) is 0 Å². The van der Waals surface area contributed by atoms with Crippen LogP contribution in [0.5, 0.6) is 0 Å². The molecule has 0 amide bonds. The van der Waals surface area contributed by atoms with Crippen molar-refractivity contribution in [2.75, 3.05) is 0 Å². The lowest BCUT2D eigenvalue weighted by atomic mass is 10.0. The Labute approximate surface area is 129 Å². The number of alkyl halides is 3. The summed E-state index contributed by atoms with van der Waals surface area (Å²) in [5, 5.41) is 21.6. The quantitative estimate of drug-likeness (QED) is 0.490. The molecule has 1 heterocycles. The van der Waals surface area contributed by atoms with Gasteiger partial charge in [0.1, 0.15) is 0 Å². The fourth-order valence-electron chi connectivity index (χ4n) is 2.32. The van der Waals surface area contributed by atoms with Crippen LogP contribution in [-0.2, 0) is 6.18 Å². The standard InChI is InChI=1S/C13H5F3N2O4S/c14-13(15,16)9-3-7(18(21)22)5-11-12(9)8-2-1-6(17(19)20)4-10(8)23-11/h1-5H. The van der Waals surface area contributed by atoms with Crippen LogP contribution in [-0.4, -0.2) is 9.85 Å². The number of nitrogens with zero attached hydrogens (tertiary/aromatic N) is 2. The zero-order chi connectivity index (χ0) is 16.9. The molecule has 6 nitrogen and oxygen atoms in total. The minimum atomic E-state index is -4.78. The van der Waals surface area contributed by atoms with E-state index in [0.29, 0.717) is 6.07 Å². The molecule has 0 aliphatic carbocycles. The number of fused-ring (bicyclic) bond motifs is 3. The van der Waals surface area contributed by atoms with E-state index in [4.69, 9.17) is 0 Å². The van der Waals surface area contributed by atoms with E-state index in [9.17, 15) is 33.4 Å². The Morgan fingerprint density at radius 1 is 0.913 bits per heavy atom. The van der Waals surface area contributed by atoms with Gasteiger partial charge in [-0.05, 0) is 6.07 Å². The second-order valence-corrected chi connectivity index (χ2v) is 5.74. The van der Waals surface area contributed by atoms with Gasteiger partial charge in [0.15, 0.2) is 0 Å². The first-order chi connectivity index (χ1) is 10.7. The van der Waals surface area contributed by atoms with Crippen LogP contribution in [0, 0.1) is 20.2 Å². The number of nitro benzene ring substituents is 2. The Morgan fingerprint density at radius 3 is 2.09 bits per heavy atom. The highest BCUT2D eigenvalue weighted by Crippen LogP contribution is 2.44. The van der Waals surface area contributed by atoms with Gasteiger partial charge >= 0.3 is 6.18 Å². The smallest absolute Gasteiger partial charge is 0.258 e. The van der Waals surface area contributed by atoms with Gasteiger partial charge in [0, 0.05) is 44.4 Å². The summed E-state index contributed by atoms with van der Waals surface area (Å²) in [6.07, 6.45) is -4.78. The van der Waals surface area contributed by atoms with Crippen LogP contribution in [0.2, 0.25) is 0 Å². The van der Waals surface area contributed by atoms with E-state index in [-0.39, 0.29) is 25.9 Å². The Hall–Kier alpha value is -2.75. The molecule has 0 bridgehead atoms. The lowest BCUT2D eigenvalue weighted by Crippen LogP contribution is -2.06. The van der Waals surface area contributed by atoms with Crippen molar-refractivity contribution in [1.29, 1.82) is 0 Å². The van der Waals surface area contributed by atoms with E-state index in [0.717, 1.165) is 29.5 Å². The first-order valence-corrected chi connectivity index (χ1v) is 6.86. The van der Waals surface area contributed by atoms with Crippen LogP contribution >= 0.6 is 11.3 Å². The number of non-ortho nitro benzene ring substituents is 2. The highest BCUT2D eigenvalue weighted by atomic mass is 32.1. The maximum atomic E-state index is 13.2. The van der Waals surface area contributed by atoms with Crippen molar-refractivity contribution in [3.8, 4) is 0 Å². The van der Waals surface area contributed by atoms with Crippen LogP contribution in [0.1, 0.15) is 5.56 Å². The van der Waals surface area contributed by atoms with Crippen LogP contribution in [0.4, 0.5) is 24.5 Å². The summed E-state index contributed by atoms with van der Waals surface area (Å²) in [4.78, 5) is 20.0. The zero-order valence-corrected chi connectivity index (χ0v) is 11.8. The number of hydrogen-bond donors (Lipinski definition) is 0. The van der Waals surface area contributed by atoms with Crippen LogP contribution in [0.15, 0.2) is 30.3 Å². The fraction of sp³-hybridized carbons (Fsp3) is 0.0769. The van der Waals surface area contributed by atoms with Gasteiger partial charge in [-0.3, -0.25) is 20.2 Å². The monoisotopic (exact) mass is 342 g/mol. The predicted molar refractivity (Wildman–Crippen MR) is 77.6 cm³/mol. The molecule has 1 aromatic heterocycles. The normalized spacial score (nSPS) is 12.0. The summed E-state index contributed by atoms with van der Waals surface area (Å²) in [6.45, 7) is 0. The van der Waals surface area contributed by atoms with Crippen molar-refractivity contribution >= 4 is 42.9 Å². The van der Waals surface area contributed by atoms with Crippen molar-refractivity contribution < 1.29 is 23.0 Å². The average molecular weight is 342 g/mol. The first-order valence-electron chi connectivity index (χ1n) is 6.05. The first kappa shape index (κ1) is 15.2. The minimum absolute atomic E-state index is 0.0574. The molecule has 0 radical (unpaired) electrons. The molecular weight excluding hydrogens is 337 g/mol. The third-order valence-electron chi connectivity index (χ3n) is 3.27. The van der Waals surface area contributed by atoms with Gasteiger partial charge < -0.3 is 0 Å². The molecule has 3 aromatic rings. The number of hydrogen-bond acceptors (Lipinski definition) is 5.